The van der Waals surface area contributed by atoms with Crippen molar-refractivity contribution in [1.29, 1.82) is 0 Å². The Morgan fingerprint density at radius 2 is 1.94 bits per heavy atom. The lowest BCUT2D eigenvalue weighted by Gasteiger charge is -2.13. The average molecular weight is 223 g/mol. The number of hydrogen-bond acceptors (Lipinski definition) is 4. The van der Waals surface area contributed by atoms with Gasteiger partial charge in [-0.15, -0.1) is 0 Å². The zero-order chi connectivity index (χ0) is 12.1. The van der Waals surface area contributed by atoms with Gasteiger partial charge in [0.25, 0.3) is 5.69 Å². The molecule has 6 nitrogen and oxygen atoms in total. The molecular formula is C10H13N3O3. The summed E-state index contributed by atoms with van der Waals surface area (Å²) in [4.78, 5) is 21.2. The fourth-order valence-corrected chi connectivity index (χ4v) is 1.21. The van der Waals surface area contributed by atoms with E-state index in [1.807, 2.05) is 0 Å². The number of hydrogen-bond donors (Lipinski definition) is 2. The molecule has 1 aromatic rings. The Kier molecular flexibility index (Phi) is 3.82. The van der Waals surface area contributed by atoms with Gasteiger partial charge in [0.05, 0.1) is 4.92 Å². The van der Waals surface area contributed by atoms with Crippen molar-refractivity contribution in [3.8, 4) is 0 Å². The van der Waals surface area contributed by atoms with E-state index in [4.69, 9.17) is 0 Å². The van der Waals surface area contributed by atoms with E-state index in [2.05, 4.69) is 10.6 Å². The summed E-state index contributed by atoms with van der Waals surface area (Å²) in [6.45, 7) is 1.71. The summed E-state index contributed by atoms with van der Waals surface area (Å²) in [5.41, 5.74) is 0.694. The fourth-order valence-electron chi connectivity index (χ4n) is 1.21. The maximum Gasteiger partial charge on any atom is 0.269 e. The van der Waals surface area contributed by atoms with Crippen molar-refractivity contribution in [3.05, 3.63) is 34.4 Å². The fraction of sp³-hybridized carbons (Fsp3) is 0.300. The molecule has 16 heavy (non-hydrogen) atoms. The molecule has 0 heterocycles. The third kappa shape index (κ3) is 2.94. The van der Waals surface area contributed by atoms with Crippen molar-refractivity contribution in [2.75, 3.05) is 12.4 Å². The molecule has 0 radical (unpaired) electrons. The van der Waals surface area contributed by atoms with Gasteiger partial charge in [-0.2, -0.15) is 0 Å². The molecule has 1 amide bonds. The molecule has 0 fully saturated rings. The Hall–Kier alpha value is -2.11. The van der Waals surface area contributed by atoms with E-state index in [1.54, 1.807) is 26.1 Å². The van der Waals surface area contributed by atoms with E-state index < -0.39 is 4.92 Å². The molecule has 0 spiro atoms. The first-order chi connectivity index (χ1) is 7.54. The summed E-state index contributed by atoms with van der Waals surface area (Å²) in [7, 11) is 1.55. The quantitative estimate of drug-likeness (QED) is 0.592. The lowest BCUT2D eigenvalue weighted by atomic mass is 10.2. The predicted molar refractivity (Wildman–Crippen MR) is 60.2 cm³/mol. The number of nitrogens with one attached hydrogen (secondary N) is 2. The van der Waals surface area contributed by atoms with Gasteiger partial charge < -0.3 is 10.6 Å². The van der Waals surface area contributed by atoms with Gasteiger partial charge in [-0.1, -0.05) is 0 Å². The number of anilines is 1. The third-order valence-corrected chi connectivity index (χ3v) is 2.10. The van der Waals surface area contributed by atoms with Crippen LogP contribution in [-0.4, -0.2) is 23.9 Å². The molecule has 0 saturated heterocycles. The summed E-state index contributed by atoms with van der Waals surface area (Å²) in [6.07, 6.45) is 0. The second kappa shape index (κ2) is 5.11. The number of nitro groups is 1. The minimum atomic E-state index is -0.466. The SMILES string of the molecule is CNC(=O)C(C)Nc1ccc([N+](=O)[O-])cc1. The third-order valence-electron chi connectivity index (χ3n) is 2.10. The van der Waals surface area contributed by atoms with Crippen LogP contribution in [0.4, 0.5) is 11.4 Å². The van der Waals surface area contributed by atoms with Crippen LogP contribution in [0.1, 0.15) is 6.92 Å². The molecule has 0 saturated carbocycles. The molecule has 6 heteroatoms. The normalized spacial score (nSPS) is 11.6. The Labute approximate surface area is 92.8 Å². The van der Waals surface area contributed by atoms with Gasteiger partial charge in [-0.3, -0.25) is 14.9 Å². The van der Waals surface area contributed by atoms with Crippen molar-refractivity contribution in [2.45, 2.75) is 13.0 Å². The van der Waals surface area contributed by atoms with Crippen molar-refractivity contribution >= 4 is 17.3 Å². The first-order valence-electron chi connectivity index (χ1n) is 4.77. The highest BCUT2D eigenvalue weighted by Crippen LogP contribution is 2.15. The topological polar surface area (TPSA) is 84.3 Å². The van der Waals surface area contributed by atoms with Crippen LogP contribution >= 0.6 is 0 Å². The van der Waals surface area contributed by atoms with Gasteiger partial charge in [-0.25, -0.2) is 0 Å². The monoisotopic (exact) mass is 223 g/mol. The Morgan fingerprint density at radius 1 is 1.38 bits per heavy atom. The minimum absolute atomic E-state index is 0.0261. The average Bonchev–Trinajstić information content (AvgIpc) is 2.28. The van der Waals surface area contributed by atoms with Crippen LogP contribution in [0.3, 0.4) is 0 Å². The lowest BCUT2D eigenvalue weighted by Crippen LogP contribution is -2.35. The van der Waals surface area contributed by atoms with Gasteiger partial charge in [0.2, 0.25) is 5.91 Å². The standard InChI is InChI=1S/C10H13N3O3/c1-7(10(14)11-2)12-8-3-5-9(6-4-8)13(15)16/h3-7,12H,1-2H3,(H,11,14). The Bertz CT molecular complexity index is 389. The number of benzene rings is 1. The van der Waals surface area contributed by atoms with Crippen molar-refractivity contribution < 1.29 is 9.72 Å². The molecule has 86 valence electrons. The number of carbonyl (C=O) groups is 1. The summed E-state index contributed by atoms with van der Waals surface area (Å²) in [5.74, 6) is -0.140. The molecule has 0 aliphatic heterocycles. The van der Waals surface area contributed by atoms with E-state index in [1.165, 1.54) is 12.1 Å². The molecule has 2 N–H and O–H groups in total. The number of nitro benzene ring substituents is 1. The second-order valence-corrected chi connectivity index (χ2v) is 3.28. The van der Waals surface area contributed by atoms with E-state index in [0.717, 1.165) is 0 Å². The zero-order valence-corrected chi connectivity index (χ0v) is 9.06. The molecular weight excluding hydrogens is 210 g/mol. The van der Waals surface area contributed by atoms with Crippen LogP contribution in [0, 0.1) is 10.1 Å². The van der Waals surface area contributed by atoms with Crippen LogP contribution in [0.25, 0.3) is 0 Å². The zero-order valence-electron chi connectivity index (χ0n) is 9.06. The number of amides is 1. The Morgan fingerprint density at radius 3 is 2.38 bits per heavy atom. The molecule has 1 unspecified atom stereocenters. The maximum atomic E-state index is 11.2. The highest BCUT2D eigenvalue weighted by atomic mass is 16.6. The van der Waals surface area contributed by atoms with Gasteiger partial charge in [-0.05, 0) is 19.1 Å². The van der Waals surface area contributed by atoms with Gasteiger partial charge in [0, 0.05) is 24.9 Å². The molecule has 1 aromatic carbocycles. The van der Waals surface area contributed by atoms with Crippen molar-refractivity contribution in [1.82, 2.24) is 5.32 Å². The van der Waals surface area contributed by atoms with Crippen LogP contribution in [0.2, 0.25) is 0 Å². The van der Waals surface area contributed by atoms with Crippen LogP contribution in [0.15, 0.2) is 24.3 Å². The van der Waals surface area contributed by atoms with Gasteiger partial charge >= 0.3 is 0 Å². The molecule has 0 aliphatic carbocycles. The second-order valence-electron chi connectivity index (χ2n) is 3.28. The summed E-state index contributed by atoms with van der Waals surface area (Å²) in [6, 6.07) is 5.53. The van der Waals surface area contributed by atoms with Crippen LogP contribution in [0.5, 0.6) is 0 Å². The maximum absolute atomic E-state index is 11.2. The van der Waals surface area contributed by atoms with E-state index in [-0.39, 0.29) is 17.6 Å². The summed E-state index contributed by atoms with van der Waals surface area (Å²) in [5, 5.41) is 15.8. The van der Waals surface area contributed by atoms with Crippen molar-refractivity contribution in [2.24, 2.45) is 0 Å². The van der Waals surface area contributed by atoms with Crippen molar-refractivity contribution in [3.63, 3.8) is 0 Å². The lowest BCUT2D eigenvalue weighted by molar-refractivity contribution is -0.384. The first kappa shape index (κ1) is 12.0. The highest BCUT2D eigenvalue weighted by Gasteiger charge is 2.11. The van der Waals surface area contributed by atoms with E-state index in [9.17, 15) is 14.9 Å². The highest BCUT2D eigenvalue weighted by molar-refractivity contribution is 5.83. The number of rotatable bonds is 4. The molecule has 0 aliphatic rings. The van der Waals surface area contributed by atoms with Crippen LogP contribution < -0.4 is 10.6 Å². The number of non-ortho nitro benzene ring substituents is 1. The van der Waals surface area contributed by atoms with E-state index in [0.29, 0.717) is 5.69 Å². The number of likely N-dealkylation sites (N-methyl/N-ethyl adjacent to an activating group) is 1. The van der Waals surface area contributed by atoms with Gasteiger partial charge in [0.15, 0.2) is 0 Å². The minimum Gasteiger partial charge on any atom is -0.374 e. The van der Waals surface area contributed by atoms with Crippen LogP contribution in [-0.2, 0) is 4.79 Å². The Balaban J connectivity index is 2.68. The number of carbonyl (C=O) groups excluding carboxylic acids is 1. The predicted octanol–water partition coefficient (Wildman–Crippen LogP) is 1.14. The molecule has 1 atom stereocenters. The number of nitrogens with zero attached hydrogens (tertiary/aromatic N) is 1. The molecule has 0 aromatic heterocycles. The summed E-state index contributed by atoms with van der Waals surface area (Å²) >= 11 is 0. The smallest absolute Gasteiger partial charge is 0.269 e. The molecule has 0 bridgehead atoms. The first-order valence-corrected chi connectivity index (χ1v) is 4.77. The van der Waals surface area contributed by atoms with E-state index >= 15 is 0 Å². The summed E-state index contributed by atoms with van der Waals surface area (Å²) < 4.78 is 0. The molecule has 1 rings (SSSR count). The largest absolute Gasteiger partial charge is 0.374 e. The van der Waals surface area contributed by atoms with Gasteiger partial charge in [0.1, 0.15) is 6.04 Å².